The Morgan fingerprint density at radius 2 is 1.43 bits per heavy atom. The molecule has 1 heterocycles. The van der Waals surface area contributed by atoms with Crippen LogP contribution in [0.5, 0.6) is 0 Å². The number of hydrogen-bond acceptors (Lipinski definition) is 6. The Bertz CT molecular complexity index is 2100. The Balaban J connectivity index is 1.45. The molecule has 0 saturated heterocycles. The average Bonchev–Trinajstić information content (AvgIpc) is 3.24. The molecule has 0 saturated carbocycles. The van der Waals surface area contributed by atoms with Crippen molar-refractivity contribution < 1.29 is 22.7 Å². The van der Waals surface area contributed by atoms with E-state index in [-0.39, 0.29) is 16.1 Å². The molecular weight excluding hydrogens is 604 g/mol. The number of para-hydroxylation sites is 1. The number of benzene rings is 4. The molecule has 236 valence electrons. The van der Waals surface area contributed by atoms with Gasteiger partial charge in [-0.25, -0.2) is 17.9 Å². The lowest BCUT2D eigenvalue weighted by Crippen LogP contribution is -2.26. The first-order chi connectivity index (χ1) is 21.9. The molecule has 0 fully saturated rings. The monoisotopic (exact) mass is 638 g/mol. The largest absolute Gasteiger partial charge is 0.444 e. The molecule has 46 heavy (non-hydrogen) atoms. The summed E-state index contributed by atoms with van der Waals surface area (Å²) in [6.45, 7) is 7.02. The van der Waals surface area contributed by atoms with E-state index in [0.29, 0.717) is 28.2 Å². The molecule has 2 N–H and O–H groups in total. The van der Waals surface area contributed by atoms with Crippen molar-refractivity contribution in [1.82, 2.24) is 9.36 Å². The Kier molecular flexibility index (Phi) is 8.97. The lowest BCUT2D eigenvalue weighted by Gasteiger charge is -2.20. The van der Waals surface area contributed by atoms with Gasteiger partial charge in [-0.1, -0.05) is 66.7 Å². The van der Waals surface area contributed by atoms with Crippen molar-refractivity contribution in [1.29, 1.82) is 0 Å². The van der Waals surface area contributed by atoms with Gasteiger partial charge in [0.1, 0.15) is 5.69 Å². The van der Waals surface area contributed by atoms with E-state index < -0.39 is 33.6 Å². The highest BCUT2D eigenvalue weighted by molar-refractivity contribution is 7.92. The molecule has 0 spiro atoms. The maximum Gasteiger partial charge on any atom is 0.339 e. The fourth-order valence-electron chi connectivity index (χ4n) is 5.01. The quantitative estimate of drug-likeness (QED) is 0.198. The van der Waals surface area contributed by atoms with Gasteiger partial charge in [0.2, 0.25) is 6.10 Å². The van der Waals surface area contributed by atoms with Gasteiger partial charge in [0.05, 0.1) is 21.8 Å². The number of aromatic nitrogens is 2. The Labute approximate surface area is 267 Å². The molecule has 1 atom stereocenters. The van der Waals surface area contributed by atoms with Crippen LogP contribution in [-0.2, 0) is 26.6 Å². The van der Waals surface area contributed by atoms with E-state index in [1.54, 1.807) is 80.2 Å². The van der Waals surface area contributed by atoms with Crippen LogP contribution in [0, 0.1) is 27.7 Å². The van der Waals surface area contributed by atoms with Gasteiger partial charge in [0.15, 0.2) is 0 Å². The molecular formula is C35H34N4O6S. The number of carbonyl (C=O) groups is 2. The van der Waals surface area contributed by atoms with E-state index in [2.05, 4.69) is 10.0 Å². The molecule has 1 aromatic heterocycles. The first kappa shape index (κ1) is 32.0. The predicted octanol–water partition coefficient (Wildman–Crippen LogP) is 5.75. The number of nitrogens with zero attached hydrogens (tertiary/aromatic N) is 2. The van der Waals surface area contributed by atoms with E-state index >= 15 is 0 Å². The number of ether oxygens (including phenoxy) is 1. The number of nitrogens with one attached hydrogen (secondary N) is 2. The Morgan fingerprint density at radius 1 is 0.804 bits per heavy atom. The molecule has 0 aliphatic heterocycles. The van der Waals surface area contributed by atoms with E-state index in [0.717, 1.165) is 11.1 Å². The lowest BCUT2D eigenvalue weighted by atomic mass is 10.1. The van der Waals surface area contributed by atoms with Crippen molar-refractivity contribution in [2.24, 2.45) is 7.05 Å². The highest BCUT2D eigenvalue weighted by Gasteiger charge is 2.29. The molecule has 5 rings (SSSR count). The standard InChI is InChI=1S/C35H34N4O6S/c1-22-16-17-24(3)30(20-22)36-33(40)32(26-12-8-6-9-13-26)45-35(42)29-21-28(19-18-23(29)2)46(43,44)37-31-25(4)38(5)39(34(31)41)27-14-10-7-11-15-27/h6-21,32,37H,1-5H3,(H,36,40). The van der Waals surface area contributed by atoms with Crippen LogP contribution in [0.4, 0.5) is 11.4 Å². The van der Waals surface area contributed by atoms with Crippen LogP contribution in [0.3, 0.4) is 0 Å². The fourth-order valence-corrected chi connectivity index (χ4v) is 6.15. The van der Waals surface area contributed by atoms with Gasteiger partial charge in [-0.15, -0.1) is 0 Å². The van der Waals surface area contributed by atoms with Crippen LogP contribution in [0.2, 0.25) is 0 Å². The summed E-state index contributed by atoms with van der Waals surface area (Å²) < 4.78 is 38.3. The molecule has 1 unspecified atom stereocenters. The number of rotatable bonds is 9. The summed E-state index contributed by atoms with van der Waals surface area (Å²) >= 11 is 0. The van der Waals surface area contributed by atoms with Crippen molar-refractivity contribution in [3.8, 4) is 5.69 Å². The highest BCUT2D eigenvalue weighted by Crippen LogP contribution is 2.26. The second-order valence-corrected chi connectivity index (χ2v) is 12.7. The van der Waals surface area contributed by atoms with Crippen LogP contribution < -0.4 is 15.6 Å². The smallest absolute Gasteiger partial charge is 0.339 e. The maximum atomic E-state index is 13.6. The van der Waals surface area contributed by atoms with Gasteiger partial charge in [-0.2, -0.15) is 0 Å². The number of aryl methyl sites for hydroxylation is 3. The first-order valence-electron chi connectivity index (χ1n) is 14.5. The summed E-state index contributed by atoms with van der Waals surface area (Å²) in [6.07, 6.45) is -1.32. The van der Waals surface area contributed by atoms with Gasteiger partial charge in [-0.3, -0.25) is 19.0 Å². The summed E-state index contributed by atoms with van der Waals surface area (Å²) in [6, 6.07) is 27.0. The van der Waals surface area contributed by atoms with Crippen LogP contribution in [-0.4, -0.2) is 29.7 Å². The first-order valence-corrected chi connectivity index (χ1v) is 16.0. The summed E-state index contributed by atoms with van der Waals surface area (Å²) in [5, 5.41) is 2.86. The van der Waals surface area contributed by atoms with Crippen molar-refractivity contribution in [2.45, 2.75) is 38.7 Å². The van der Waals surface area contributed by atoms with Gasteiger partial charge >= 0.3 is 5.97 Å². The van der Waals surface area contributed by atoms with Crippen molar-refractivity contribution in [3.05, 3.63) is 141 Å². The van der Waals surface area contributed by atoms with Gasteiger partial charge < -0.3 is 10.1 Å². The Hall–Kier alpha value is -5.42. The summed E-state index contributed by atoms with van der Waals surface area (Å²) in [7, 11) is -2.67. The molecule has 5 aromatic rings. The SMILES string of the molecule is Cc1ccc(C)c(NC(=O)C(OC(=O)c2cc(S(=O)(=O)Nc3c(C)n(C)n(-c4ccccc4)c3=O)ccc2C)c2ccccc2)c1. The van der Waals surface area contributed by atoms with Gasteiger partial charge in [0, 0.05) is 18.3 Å². The van der Waals surface area contributed by atoms with Gasteiger partial charge in [-0.05, 0) is 74.7 Å². The van der Waals surface area contributed by atoms with Crippen LogP contribution >= 0.6 is 0 Å². The minimum atomic E-state index is -4.33. The van der Waals surface area contributed by atoms with E-state index in [1.165, 1.54) is 22.9 Å². The summed E-state index contributed by atoms with van der Waals surface area (Å²) in [5.41, 5.74) is 3.48. The molecule has 0 aliphatic carbocycles. The third-order valence-corrected chi connectivity index (χ3v) is 9.09. The number of hydrogen-bond donors (Lipinski definition) is 2. The molecule has 4 aromatic carbocycles. The van der Waals surface area contributed by atoms with E-state index in [1.807, 2.05) is 38.1 Å². The predicted molar refractivity (Wildman–Crippen MR) is 177 cm³/mol. The normalized spacial score (nSPS) is 11.9. The average molecular weight is 639 g/mol. The Morgan fingerprint density at radius 3 is 2.11 bits per heavy atom. The van der Waals surface area contributed by atoms with Crippen LogP contribution in [0.1, 0.15) is 44.4 Å². The maximum absolute atomic E-state index is 13.6. The fraction of sp³-hybridized carbons (Fsp3) is 0.171. The molecule has 11 heteroatoms. The summed E-state index contributed by atoms with van der Waals surface area (Å²) in [5.74, 6) is -1.45. The topological polar surface area (TPSA) is 128 Å². The lowest BCUT2D eigenvalue weighted by molar-refractivity contribution is -0.125. The zero-order valence-corrected chi connectivity index (χ0v) is 26.9. The zero-order valence-electron chi connectivity index (χ0n) is 26.1. The minimum Gasteiger partial charge on any atom is -0.444 e. The van der Waals surface area contributed by atoms with Crippen LogP contribution in [0.25, 0.3) is 5.69 Å². The van der Waals surface area contributed by atoms with Crippen LogP contribution in [0.15, 0.2) is 107 Å². The van der Waals surface area contributed by atoms with Crippen molar-refractivity contribution in [2.75, 3.05) is 10.0 Å². The third-order valence-electron chi connectivity index (χ3n) is 7.75. The number of amides is 1. The number of sulfonamides is 1. The van der Waals surface area contributed by atoms with E-state index in [9.17, 15) is 22.8 Å². The second-order valence-electron chi connectivity index (χ2n) is 11.0. The zero-order chi connectivity index (χ0) is 33.2. The number of carbonyl (C=O) groups excluding carboxylic acids is 2. The highest BCUT2D eigenvalue weighted by atomic mass is 32.2. The van der Waals surface area contributed by atoms with Crippen molar-refractivity contribution >= 4 is 33.3 Å². The molecule has 0 radical (unpaired) electrons. The van der Waals surface area contributed by atoms with E-state index in [4.69, 9.17) is 4.74 Å². The minimum absolute atomic E-state index is 0.0465. The second kappa shape index (κ2) is 12.9. The molecule has 1 amide bonds. The molecule has 0 bridgehead atoms. The van der Waals surface area contributed by atoms with Gasteiger partial charge in [0.25, 0.3) is 21.5 Å². The molecule has 0 aliphatic rings. The third kappa shape index (κ3) is 6.50. The number of esters is 1. The number of anilines is 2. The summed E-state index contributed by atoms with van der Waals surface area (Å²) in [4.78, 5) is 40.2. The van der Waals surface area contributed by atoms with Crippen molar-refractivity contribution in [3.63, 3.8) is 0 Å². The molecule has 10 nitrogen and oxygen atoms in total.